The highest BCUT2D eigenvalue weighted by molar-refractivity contribution is 5.77. The van der Waals surface area contributed by atoms with E-state index in [1.807, 2.05) is 4.90 Å². The molecule has 0 radical (unpaired) electrons. The van der Waals surface area contributed by atoms with Crippen molar-refractivity contribution in [2.75, 3.05) is 26.2 Å². The number of hydrogen-bond acceptors (Lipinski definition) is 3. The minimum atomic E-state index is -0.259. The molecule has 0 spiro atoms. The van der Waals surface area contributed by atoms with Gasteiger partial charge in [0.15, 0.2) is 0 Å². The van der Waals surface area contributed by atoms with Crippen molar-refractivity contribution in [2.45, 2.75) is 58.0 Å². The molecule has 1 amide bonds. The molecule has 0 bridgehead atoms. The zero-order chi connectivity index (χ0) is 13.9. The van der Waals surface area contributed by atoms with E-state index in [4.69, 9.17) is 10.5 Å². The largest absolute Gasteiger partial charge is 0.364 e. The predicted octanol–water partition coefficient (Wildman–Crippen LogP) is 1.92. The van der Waals surface area contributed by atoms with Gasteiger partial charge in [-0.2, -0.15) is 0 Å². The van der Waals surface area contributed by atoms with Crippen LogP contribution in [0.25, 0.3) is 0 Å². The molecule has 0 aromatic rings. The van der Waals surface area contributed by atoms with Crippen molar-refractivity contribution >= 4 is 5.91 Å². The molecule has 0 unspecified atom stereocenters. The third-order valence-corrected chi connectivity index (χ3v) is 4.85. The van der Waals surface area contributed by atoms with E-state index in [2.05, 4.69) is 13.8 Å². The van der Waals surface area contributed by atoms with Crippen LogP contribution < -0.4 is 5.73 Å². The number of nitrogens with two attached hydrogens (primary N) is 1. The Labute approximate surface area is 116 Å². The fourth-order valence-corrected chi connectivity index (χ4v) is 3.06. The lowest BCUT2D eigenvalue weighted by Crippen LogP contribution is -2.47. The summed E-state index contributed by atoms with van der Waals surface area (Å²) in [7, 11) is 0. The first-order chi connectivity index (χ1) is 8.96. The monoisotopic (exact) mass is 268 g/mol. The van der Waals surface area contributed by atoms with Gasteiger partial charge in [0, 0.05) is 19.6 Å². The number of ether oxygens (including phenoxy) is 1. The summed E-state index contributed by atoms with van der Waals surface area (Å²) >= 11 is 0. The molecule has 1 heterocycles. The molecular formula is C15H28N2O2. The highest BCUT2D eigenvalue weighted by Gasteiger charge is 2.38. The van der Waals surface area contributed by atoms with Crippen molar-refractivity contribution in [2.24, 2.45) is 11.1 Å². The summed E-state index contributed by atoms with van der Waals surface area (Å²) in [5.74, 6) is 0.134. The maximum Gasteiger partial charge on any atom is 0.248 e. The first kappa shape index (κ1) is 14.8. The minimum absolute atomic E-state index is 0.134. The van der Waals surface area contributed by atoms with Gasteiger partial charge in [-0.1, -0.05) is 13.8 Å². The Bertz CT molecular complexity index is 312. The second kappa shape index (κ2) is 5.80. The Kier molecular flexibility index (Phi) is 4.51. The van der Waals surface area contributed by atoms with Gasteiger partial charge in [0.1, 0.15) is 6.61 Å². The lowest BCUT2D eigenvalue weighted by molar-refractivity contribution is -0.146. The quantitative estimate of drug-likeness (QED) is 0.847. The summed E-state index contributed by atoms with van der Waals surface area (Å²) in [6.45, 7) is 7.11. The molecular weight excluding hydrogens is 240 g/mol. The van der Waals surface area contributed by atoms with Crippen molar-refractivity contribution in [3.05, 3.63) is 0 Å². The molecule has 2 rings (SSSR count). The number of rotatable bonds is 4. The first-order valence-corrected chi connectivity index (χ1v) is 7.58. The second-order valence-corrected chi connectivity index (χ2v) is 6.93. The zero-order valence-electron chi connectivity index (χ0n) is 12.4. The van der Waals surface area contributed by atoms with Crippen LogP contribution in [0.4, 0.5) is 0 Å². The minimum Gasteiger partial charge on any atom is -0.364 e. The van der Waals surface area contributed by atoms with Gasteiger partial charge in [-0.25, -0.2) is 0 Å². The fourth-order valence-electron chi connectivity index (χ4n) is 3.06. The van der Waals surface area contributed by atoms with Crippen molar-refractivity contribution < 1.29 is 9.53 Å². The van der Waals surface area contributed by atoms with E-state index < -0.39 is 0 Å². The van der Waals surface area contributed by atoms with Crippen LogP contribution in [0.3, 0.4) is 0 Å². The van der Waals surface area contributed by atoms with Gasteiger partial charge >= 0.3 is 0 Å². The molecule has 2 N–H and O–H groups in total. The summed E-state index contributed by atoms with van der Waals surface area (Å²) in [4.78, 5) is 13.9. The van der Waals surface area contributed by atoms with Gasteiger partial charge in [0.2, 0.25) is 5.91 Å². The number of carbonyl (C=O) groups excluding carboxylic acids is 1. The molecule has 2 aliphatic rings. The smallest absolute Gasteiger partial charge is 0.248 e. The second-order valence-electron chi connectivity index (χ2n) is 6.93. The molecule has 1 saturated carbocycles. The summed E-state index contributed by atoms with van der Waals surface area (Å²) < 4.78 is 5.97. The van der Waals surface area contributed by atoms with Crippen LogP contribution in [0, 0.1) is 5.41 Å². The third kappa shape index (κ3) is 3.69. The molecule has 4 nitrogen and oxygen atoms in total. The zero-order valence-corrected chi connectivity index (χ0v) is 12.4. The van der Waals surface area contributed by atoms with Crippen molar-refractivity contribution in [1.29, 1.82) is 0 Å². The number of amides is 1. The van der Waals surface area contributed by atoms with Crippen LogP contribution >= 0.6 is 0 Å². The number of likely N-dealkylation sites (tertiary alicyclic amines) is 1. The lowest BCUT2D eigenvalue weighted by Gasteiger charge is -2.42. The molecule has 1 saturated heterocycles. The molecule has 110 valence electrons. The molecule has 1 aliphatic heterocycles. The Morgan fingerprint density at radius 2 is 1.74 bits per heavy atom. The maximum absolute atomic E-state index is 12.0. The van der Waals surface area contributed by atoms with Crippen LogP contribution in [0.15, 0.2) is 0 Å². The molecule has 0 aromatic heterocycles. The molecule has 1 aliphatic carbocycles. The first-order valence-electron chi connectivity index (χ1n) is 7.58. The van der Waals surface area contributed by atoms with Gasteiger partial charge in [0.25, 0.3) is 0 Å². The SMILES string of the molecule is CC1(C)CCC(CN)(OCC(=O)N2CCCC2)CC1. The summed E-state index contributed by atoms with van der Waals surface area (Å²) in [6.07, 6.45) is 6.46. The average molecular weight is 268 g/mol. The van der Waals surface area contributed by atoms with Crippen LogP contribution in [-0.2, 0) is 9.53 Å². The maximum atomic E-state index is 12.0. The van der Waals surface area contributed by atoms with Gasteiger partial charge < -0.3 is 15.4 Å². The number of hydrogen-bond donors (Lipinski definition) is 1. The summed E-state index contributed by atoms with van der Waals surface area (Å²) in [6, 6.07) is 0. The standard InChI is InChI=1S/C15H28N2O2/c1-14(2)5-7-15(12-16,8-6-14)19-11-13(18)17-9-3-4-10-17/h3-12,16H2,1-2H3. The lowest BCUT2D eigenvalue weighted by atomic mass is 9.71. The van der Waals surface area contributed by atoms with Crippen LogP contribution in [0.1, 0.15) is 52.4 Å². The fraction of sp³-hybridized carbons (Fsp3) is 0.933. The topological polar surface area (TPSA) is 55.6 Å². The number of nitrogens with zero attached hydrogens (tertiary/aromatic N) is 1. The van der Waals surface area contributed by atoms with Crippen LogP contribution in [0.2, 0.25) is 0 Å². The summed E-state index contributed by atoms with van der Waals surface area (Å²) in [5, 5.41) is 0. The Balaban J connectivity index is 1.84. The van der Waals surface area contributed by atoms with E-state index in [1.54, 1.807) is 0 Å². The predicted molar refractivity (Wildman–Crippen MR) is 75.8 cm³/mol. The Morgan fingerprint density at radius 1 is 1.16 bits per heavy atom. The van der Waals surface area contributed by atoms with E-state index in [1.165, 1.54) is 0 Å². The van der Waals surface area contributed by atoms with Crippen molar-refractivity contribution in [3.8, 4) is 0 Å². The molecule has 19 heavy (non-hydrogen) atoms. The highest BCUT2D eigenvalue weighted by Crippen LogP contribution is 2.41. The van der Waals surface area contributed by atoms with Crippen LogP contribution in [-0.4, -0.2) is 42.6 Å². The molecule has 4 heteroatoms. The molecule has 0 aromatic carbocycles. The van der Waals surface area contributed by atoms with E-state index >= 15 is 0 Å². The van der Waals surface area contributed by atoms with Gasteiger partial charge in [-0.3, -0.25) is 4.79 Å². The van der Waals surface area contributed by atoms with E-state index in [0.29, 0.717) is 12.0 Å². The van der Waals surface area contributed by atoms with E-state index in [-0.39, 0.29) is 18.1 Å². The Morgan fingerprint density at radius 3 is 2.26 bits per heavy atom. The summed E-state index contributed by atoms with van der Waals surface area (Å²) in [5.41, 5.74) is 6.05. The van der Waals surface area contributed by atoms with Crippen molar-refractivity contribution in [3.63, 3.8) is 0 Å². The van der Waals surface area contributed by atoms with Gasteiger partial charge in [0.05, 0.1) is 5.60 Å². The normalized spacial score (nSPS) is 25.5. The van der Waals surface area contributed by atoms with E-state index in [0.717, 1.165) is 51.6 Å². The van der Waals surface area contributed by atoms with Gasteiger partial charge in [-0.15, -0.1) is 0 Å². The third-order valence-electron chi connectivity index (χ3n) is 4.85. The highest BCUT2D eigenvalue weighted by atomic mass is 16.5. The molecule has 0 atom stereocenters. The van der Waals surface area contributed by atoms with Crippen molar-refractivity contribution in [1.82, 2.24) is 4.90 Å². The molecule has 2 fully saturated rings. The van der Waals surface area contributed by atoms with Crippen LogP contribution in [0.5, 0.6) is 0 Å². The van der Waals surface area contributed by atoms with Gasteiger partial charge in [-0.05, 0) is 43.9 Å². The average Bonchev–Trinajstić information content (AvgIpc) is 2.92. The Hall–Kier alpha value is -0.610. The van der Waals surface area contributed by atoms with E-state index in [9.17, 15) is 4.79 Å². The number of carbonyl (C=O) groups is 1.